The molecule has 0 saturated carbocycles. The number of ether oxygens (including phenoxy) is 2. The molecule has 0 saturated heterocycles. The van der Waals surface area contributed by atoms with Crippen molar-refractivity contribution in [2.45, 2.75) is 40.5 Å². The van der Waals surface area contributed by atoms with Gasteiger partial charge in [0, 0.05) is 12.0 Å². The number of benzene rings is 1. The van der Waals surface area contributed by atoms with Crippen molar-refractivity contribution in [1.29, 1.82) is 0 Å². The van der Waals surface area contributed by atoms with Crippen LogP contribution in [-0.2, 0) is 19.1 Å². The number of hydrogen-bond donors (Lipinski definition) is 0. The molecule has 1 aromatic carbocycles. The summed E-state index contributed by atoms with van der Waals surface area (Å²) < 4.78 is 10.3. The first kappa shape index (κ1) is 20.5. The highest BCUT2D eigenvalue weighted by Crippen LogP contribution is 2.31. The molecule has 0 radical (unpaired) electrons. The third-order valence-electron chi connectivity index (χ3n) is 3.59. The Balaban J connectivity index is 3.21. The van der Waals surface area contributed by atoms with E-state index in [1.54, 1.807) is 13.8 Å². The molecule has 0 aliphatic heterocycles. The lowest BCUT2D eigenvalue weighted by Gasteiger charge is -2.26. The van der Waals surface area contributed by atoms with E-state index in [0.717, 1.165) is 11.1 Å². The molecule has 0 aliphatic rings. The Morgan fingerprint density at radius 1 is 1.04 bits per heavy atom. The Kier molecular flexibility index (Phi) is 8.49. The normalized spacial score (nSPS) is 10.2. The number of allylic oxidation sites excluding steroid dienone is 2. The number of carbonyl (C=O) groups is 2. The van der Waals surface area contributed by atoms with Gasteiger partial charge in [-0.3, -0.25) is 9.59 Å². The van der Waals surface area contributed by atoms with Gasteiger partial charge >= 0.3 is 11.9 Å². The van der Waals surface area contributed by atoms with Crippen molar-refractivity contribution in [2.75, 3.05) is 13.2 Å². The van der Waals surface area contributed by atoms with Crippen LogP contribution >= 0.6 is 0 Å². The minimum atomic E-state index is -1.44. The lowest BCUT2D eigenvalue weighted by atomic mass is 9.80. The number of esters is 2. The standard InChI is InChI=1S/C21H26O4/c1-5-24-19(22)21(16-14-17(3)4,20(23)25-6-2)15-10-13-18-11-8-7-9-12-18/h7-9,11-12,14H,5-6,15-16H2,1-4H3. The summed E-state index contributed by atoms with van der Waals surface area (Å²) in [6.07, 6.45) is 2.10. The molecule has 0 heterocycles. The minimum absolute atomic E-state index is 0.0450. The van der Waals surface area contributed by atoms with Gasteiger partial charge in [-0.2, -0.15) is 0 Å². The maximum Gasteiger partial charge on any atom is 0.324 e. The molecule has 0 aromatic heterocycles. The first-order chi connectivity index (χ1) is 12.0. The van der Waals surface area contributed by atoms with E-state index in [0.29, 0.717) is 0 Å². The van der Waals surface area contributed by atoms with Crippen LogP contribution in [-0.4, -0.2) is 25.2 Å². The van der Waals surface area contributed by atoms with Crippen molar-refractivity contribution in [1.82, 2.24) is 0 Å². The van der Waals surface area contributed by atoms with Gasteiger partial charge in [0.2, 0.25) is 0 Å². The third kappa shape index (κ3) is 6.11. The lowest BCUT2D eigenvalue weighted by molar-refractivity contribution is -0.171. The van der Waals surface area contributed by atoms with Gasteiger partial charge in [-0.05, 0) is 46.2 Å². The van der Waals surface area contributed by atoms with Gasteiger partial charge in [-0.1, -0.05) is 41.7 Å². The predicted molar refractivity (Wildman–Crippen MR) is 97.7 cm³/mol. The van der Waals surface area contributed by atoms with E-state index < -0.39 is 17.4 Å². The van der Waals surface area contributed by atoms with Crippen LogP contribution < -0.4 is 0 Å². The van der Waals surface area contributed by atoms with Gasteiger partial charge in [-0.25, -0.2) is 0 Å². The molecule has 0 bridgehead atoms. The zero-order valence-corrected chi connectivity index (χ0v) is 15.4. The van der Waals surface area contributed by atoms with Crippen molar-refractivity contribution in [3.63, 3.8) is 0 Å². The van der Waals surface area contributed by atoms with Gasteiger partial charge in [0.05, 0.1) is 13.2 Å². The monoisotopic (exact) mass is 342 g/mol. The van der Waals surface area contributed by atoms with Crippen LogP contribution in [0.1, 0.15) is 46.1 Å². The van der Waals surface area contributed by atoms with Crippen LogP contribution in [0, 0.1) is 17.3 Å². The Morgan fingerprint density at radius 3 is 2.08 bits per heavy atom. The SMILES string of the molecule is CCOC(=O)C(CC#Cc1ccccc1)(CC=C(C)C)C(=O)OCC. The van der Waals surface area contributed by atoms with Crippen LogP contribution in [0.5, 0.6) is 0 Å². The molecule has 0 spiro atoms. The summed E-state index contributed by atoms with van der Waals surface area (Å²) in [5.41, 5.74) is 0.394. The topological polar surface area (TPSA) is 52.6 Å². The zero-order chi connectivity index (χ0) is 18.7. The summed E-state index contributed by atoms with van der Waals surface area (Å²) in [6, 6.07) is 9.43. The number of hydrogen-bond acceptors (Lipinski definition) is 4. The average Bonchev–Trinajstić information content (AvgIpc) is 2.59. The Morgan fingerprint density at radius 2 is 1.60 bits per heavy atom. The molecule has 134 valence electrons. The Hall–Kier alpha value is -2.54. The third-order valence-corrected chi connectivity index (χ3v) is 3.59. The van der Waals surface area contributed by atoms with Gasteiger partial charge in [0.25, 0.3) is 0 Å². The molecule has 4 heteroatoms. The summed E-state index contributed by atoms with van der Waals surface area (Å²) in [6.45, 7) is 7.64. The smallest absolute Gasteiger partial charge is 0.324 e. The van der Waals surface area contributed by atoms with Crippen LogP contribution in [0.4, 0.5) is 0 Å². The summed E-state index contributed by atoms with van der Waals surface area (Å²) in [7, 11) is 0. The van der Waals surface area contributed by atoms with Crippen LogP contribution in [0.2, 0.25) is 0 Å². The van der Waals surface area contributed by atoms with Gasteiger partial charge in [0.1, 0.15) is 0 Å². The van der Waals surface area contributed by atoms with Crippen LogP contribution in [0.3, 0.4) is 0 Å². The minimum Gasteiger partial charge on any atom is -0.465 e. The summed E-state index contributed by atoms with van der Waals surface area (Å²) in [4.78, 5) is 25.2. The molecule has 0 N–H and O–H groups in total. The van der Waals surface area contributed by atoms with Crippen molar-refractivity contribution in [3.05, 3.63) is 47.5 Å². The second-order valence-electron chi connectivity index (χ2n) is 5.85. The predicted octanol–water partition coefficient (Wildman–Crippen LogP) is 3.90. The summed E-state index contributed by atoms with van der Waals surface area (Å²) in [5.74, 6) is 4.78. The molecule has 0 atom stereocenters. The van der Waals surface area contributed by atoms with Crippen LogP contribution in [0.15, 0.2) is 42.0 Å². The summed E-state index contributed by atoms with van der Waals surface area (Å²) >= 11 is 0. The highest BCUT2D eigenvalue weighted by molar-refractivity contribution is 6.00. The molecular weight excluding hydrogens is 316 g/mol. The molecule has 4 nitrogen and oxygen atoms in total. The zero-order valence-electron chi connectivity index (χ0n) is 15.4. The largest absolute Gasteiger partial charge is 0.465 e. The Labute approximate surface area is 150 Å². The molecule has 0 unspecified atom stereocenters. The first-order valence-corrected chi connectivity index (χ1v) is 8.48. The molecule has 0 amide bonds. The number of carbonyl (C=O) groups excluding carboxylic acids is 2. The van der Waals surface area contributed by atoms with Crippen molar-refractivity contribution in [3.8, 4) is 11.8 Å². The van der Waals surface area contributed by atoms with E-state index in [-0.39, 0.29) is 26.1 Å². The van der Waals surface area contributed by atoms with Crippen molar-refractivity contribution < 1.29 is 19.1 Å². The summed E-state index contributed by atoms with van der Waals surface area (Å²) in [5, 5.41) is 0. The molecule has 1 rings (SSSR count). The fourth-order valence-electron chi connectivity index (χ4n) is 2.20. The van der Waals surface area contributed by atoms with Gasteiger partial charge in [0.15, 0.2) is 5.41 Å². The fraction of sp³-hybridized carbons (Fsp3) is 0.429. The van der Waals surface area contributed by atoms with E-state index in [2.05, 4.69) is 11.8 Å². The molecular formula is C21H26O4. The average molecular weight is 342 g/mol. The highest BCUT2D eigenvalue weighted by atomic mass is 16.6. The van der Waals surface area contributed by atoms with E-state index >= 15 is 0 Å². The molecule has 25 heavy (non-hydrogen) atoms. The van der Waals surface area contributed by atoms with Crippen molar-refractivity contribution in [2.24, 2.45) is 5.41 Å². The lowest BCUT2D eigenvalue weighted by Crippen LogP contribution is -2.41. The highest BCUT2D eigenvalue weighted by Gasteiger charge is 2.47. The fourth-order valence-corrected chi connectivity index (χ4v) is 2.20. The number of rotatable bonds is 7. The van der Waals surface area contributed by atoms with E-state index in [1.165, 1.54) is 0 Å². The quantitative estimate of drug-likeness (QED) is 0.326. The maximum atomic E-state index is 12.6. The van der Waals surface area contributed by atoms with Crippen molar-refractivity contribution >= 4 is 11.9 Å². The van der Waals surface area contributed by atoms with E-state index in [9.17, 15) is 9.59 Å². The second-order valence-corrected chi connectivity index (χ2v) is 5.85. The molecule has 1 aromatic rings. The van der Waals surface area contributed by atoms with Gasteiger partial charge in [-0.15, -0.1) is 0 Å². The Bertz CT molecular complexity index is 640. The van der Waals surface area contributed by atoms with Gasteiger partial charge < -0.3 is 9.47 Å². The first-order valence-electron chi connectivity index (χ1n) is 8.48. The van der Waals surface area contributed by atoms with E-state index in [4.69, 9.17) is 9.47 Å². The molecule has 0 fully saturated rings. The maximum absolute atomic E-state index is 12.6. The molecule has 0 aliphatic carbocycles. The van der Waals surface area contributed by atoms with E-state index in [1.807, 2.05) is 50.3 Å². The second kappa shape index (κ2) is 10.4. The van der Waals surface area contributed by atoms with Crippen LogP contribution in [0.25, 0.3) is 0 Å².